The number of esters is 1. The molecule has 3 amide bonds. The van der Waals surface area contributed by atoms with Gasteiger partial charge in [-0.15, -0.1) is 0 Å². The van der Waals surface area contributed by atoms with Crippen molar-refractivity contribution in [3.8, 4) is 0 Å². The van der Waals surface area contributed by atoms with E-state index in [0.717, 1.165) is 11.4 Å². The van der Waals surface area contributed by atoms with E-state index in [1.165, 1.54) is 12.0 Å². The fraction of sp³-hybridized carbons (Fsp3) is 0.500. The second kappa shape index (κ2) is 9.45. The van der Waals surface area contributed by atoms with Gasteiger partial charge in [-0.25, -0.2) is 0 Å². The van der Waals surface area contributed by atoms with Gasteiger partial charge in [-0.05, 0) is 46.1 Å². The molecule has 1 aliphatic rings. The Hall–Kier alpha value is -2.74. The molecule has 0 N–H and O–H groups in total. The summed E-state index contributed by atoms with van der Waals surface area (Å²) in [7, 11) is 5.16. The minimum Gasteiger partial charge on any atom is -0.469 e. The Balaban J connectivity index is 2.14. The van der Waals surface area contributed by atoms with Crippen LogP contribution in [0.25, 0.3) is 0 Å². The Kier molecular flexibility index (Phi) is 7.28. The molecule has 1 heterocycles. The van der Waals surface area contributed by atoms with Gasteiger partial charge >= 0.3 is 5.97 Å². The molecule has 8 nitrogen and oxygen atoms in total. The number of hydrogen-bond donors (Lipinski definition) is 0. The first-order valence-corrected chi connectivity index (χ1v) is 9.25. The molecular weight excluding hydrogens is 362 g/mol. The van der Waals surface area contributed by atoms with Gasteiger partial charge < -0.3 is 14.5 Å². The largest absolute Gasteiger partial charge is 0.469 e. The van der Waals surface area contributed by atoms with Crippen molar-refractivity contribution in [2.24, 2.45) is 0 Å². The lowest BCUT2D eigenvalue weighted by Gasteiger charge is -2.29. The molecule has 28 heavy (non-hydrogen) atoms. The third-order valence-electron chi connectivity index (χ3n) is 4.73. The fourth-order valence-electron chi connectivity index (χ4n) is 3.17. The smallest absolute Gasteiger partial charge is 0.307 e. The first kappa shape index (κ1) is 21.6. The number of imide groups is 1. The molecule has 0 saturated heterocycles. The Morgan fingerprint density at radius 3 is 2.11 bits per heavy atom. The minimum atomic E-state index is -0.954. The molecule has 1 aromatic rings. The molecule has 0 aromatic heterocycles. The SMILES string of the molecule is COC(=O)CCN(CCCN(C)C)C(=O)C(C)N1C(=O)c2ccccc2C1=O. The van der Waals surface area contributed by atoms with Crippen LogP contribution >= 0.6 is 0 Å². The molecule has 0 fully saturated rings. The zero-order chi connectivity index (χ0) is 20.8. The summed E-state index contributed by atoms with van der Waals surface area (Å²) >= 11 is 0. The van der Waals surface area contributed by atoms with Crippen LogP contribution in [0.1, 0.15) is 40.5 Å². The number of ether oxygens (including phenoxy) is 1. The molecule has 1 aliphatic heterocycles. The number of carbonyl (C=O) groups is 4. The maximum Gasteiger partial charge on any atom is 0.307 e. The summed E-state index contributed by atoms with van der Waals surface area (Å²) in [5.41, 5.74) is 0.613. The van der Waals surface area contributed by atoms with Crippen LogP contribution in [-0.4, -0.2) is 85.3 Å². The topological polar surface area (TPSA) is 87.2 Å². The summed E-state index contributed by atoms with van der Waals surface area (Å²) in [4.78, 5) is 54.4. The number of nitrogens with zero attached hydrogens (tertiary/aromatic N) is 3. The lowest BCUT2D eigenvalue weighted by atomic mass is 10.1. The highest BCUT2D eigenvalue weighted by Gasteiger charge is 2.41. The van der Waals surface area contributed by atoms with Crippen molar-refractivity contribution in [3.05, 3.63) is 35.4 Å². The van der Waals surface area contributed by atoms with E-state index >= 15 is 0 Å². The lowest BCUT2D eigenvalue weighted by Crippen LogP contribution is -2.50. The first-order valence-electron chi connectivity index (χ1n) is 9.25. The van der Waals surface area contributed by atoms with E-state index in [0.29, 0.717) is 24.1 Å². The highest BCUT2D eigenvalue weighted by Crippen LogP contribution is 2.25. The normalized spacial score (nSPS) is 14.2. The van der Waals surface area contributed by atoms with E-state index in [1.54, 1.807) is 31.2 Å². The maximum atomic E-state index is 13.1. The molecule has 0 bridgehead atoms. The van der Waals surface area contributed by atoms with Crippen LogP contribution in [0.2, 0.25) is 0 Å². The van der Waals surface area contributed by atoms with Gasteiger partial charge in [-0.2, -0.15) is 0 Å². The zero-order valence-electron chi connectivity index (χ0n) is 16.8. The third kappa shape index (κ3) is 4.75. The Bertz CT molecular complexity index is 727. The van der Waals surface area contributed by atoms with Crippen LogP contribution in [0.3, 0.4) is 0 Å². The van der Waals surface area contributed by atoms with E-state index < -0.39 is 23.8 Å². The summed E-state index contributed by atoms with van der Waals surface area (Å²) in [5, 5.41) is 0. The molecule has 152 valence electrons. The second-order valence-electron chi connectivity index (χ2n) is 7.01. The van der Waals surface area contributed by atoms with Crippen molar-refractivity contribution in [2.45, 2.75) is 25.8 Å². The molecule has 0 aliphatic carbocycles. The summed E-state index contributed by atoms with van der Waals surface area (Å²) in [6.07, 6.45) is 0.758. The molecule has 1 atom stereocenters. The van der Waals surface area contributed by atoms with E-state index in [2.05, 4.69) is 4.74 Å². The fourth-order valence-corrected chi connectivity index (χ4v) is 3.17. The number of fused-ring (bicyclic) bond motifs is 1. The summed E-state index contributed by atoms with van der Waals surface area (Å²) in [5.74, 6) is -1.72. The van der Waals surface area contributed by atoms with Gasteiger partial charge in [0.25, 0.3) is 11.8 Å². The monoisotopic (exact) mass is 389 g/mol. The number of methoxy groups -OCH3 is 1. The molecule has 1 unspecified atom stereocenters. The van der Waals surface area contributed by atoms with Crippen LogP contribution in [0.15, 0.2) is 24.3 Å². The molecule has 2 rings (SSSR count). The van der Waals surface area contributed by atoms with Crippen molar-refractivity contribution >= 4 is 23.7 Å². The highest BCUT2D eigenvalue weighted by atomic mass is 16.5. The van der Waals surface area contributed by atoms with Gasteiger partial charge in [0.15, 0.2) is 0 Å². The Morgan fingerprint density at radius 1 is 1.04 bits per heavy atom. The van der Waals surface area contributed by atoms with Crippen LogP contribution in [0.4, 0.5) is 0 Å². The number of carbonyl (C=O) groups excluding carboxylic acids is 4. The molecular formula is C20H27N3O5. The van der Waals surface area contributed by atoms with Gasteiger partial charge in [-0.3, -0.25) is 24.1 Å². The first-order chi connectivity index (χ1) is 13.3. The molecule has 0 radical (unpaired) electrons. The van der Waals surface area contributed by atoms with Crippen molar-refractivity contribution < 1.29 is 23.9 Å². The average Bonchev–Trinajstić information content (AvgIpc) is 2.93. The average molecular weight is 389 g/mol. The summed E-state index contributed by atoms with van der Waals surface area (Å²) in [6.45, 7) is 2.90. The van der Waals surface area contributed by atoms with Crippen molar-refractivity contribution in [3.63, 3.8) is 0 Å². The Morgan fingerprint density at radius 2 is 1.61 bits per heavy atom. The maximum absolute atomic E-state index is 13.1. The Labute approximate surface area is 165 Å². The van der Waals surface area contributed by atoms with Crippen molar-refractivity contribution in [1.29, 1.82) is 0 Å². The van der Waals surface area contributed by atoms with E-state index in [1.807, 2.05) is 19.0 Å². The van der Waals surface area contributed by atoms with Gasteiger partial charge in [-0.1, -0.05) is 12.1 Å². The van der Waals surface area contributed by atoms with Crippen molar-refractivity contribution in [1.82, 2.24) is 14.7 Å². The predicted octanol–water partition coefficient (Wildman–Crippen LogP) is 1.01. The van der Waals surface area contributed by atoms with Crippen molar-refractivity contribution in [2.75, 3.05) is 40.8 Å². The van der Waals surface area contributed by atoms with Crippen LogP contribution < -0.4 is 0 Å². The third-order valence-corrected chi connectivity index (χ3v) is 4.73. The number of hydrogen-bond acceptors (Lipinski definition) is 6. The summed E-state index contributed by atoms with van der Waals surface area (Å²) in [6, 6.07) is 5.58. The molecule has 0 spiro atoms. The number of amides is 3. The van der Waals surface area contributed by atoms with Gasteiger partial charge in [0, 0.05) is 13.1 Å². The van der Waals surface area contributed by atoms with Gasteiger partial charge in [0.1, 0.15) is 6.04 Å². The molecule has 0 saturated carbocycles. The summed E-state index contributed by atoms with van der Waals surface area (Å²) < 4.78 is 4.66. The van der Waals surface area contributed by atoms with Gasteiger partial charge in [0.05, 0.1) is 24.7 Å². The quantitative estimate of drug-likeness (QED) is 0.463. The van der Waals surface area contributed by atoms with Crippen LogP contribution in [0, 0.1) is 0 Å². The van der Waals surface area contributed by atoms with Crippen LogP contribution in [-0.2, 0) is 14.3 Å². The molecule has 1 aromatic carbocycles. The second-order valence-corrected chi connectivity index (χ2v) is 7.01. The molecule has 8 heteroatoms. The zero-order valence-corrected chi connectivity index (χ0v) is 16.8. The number of rotatable bonds is 9. The lowest BCUT2D eigenvalue weighted by molar-refractivity contribution is -0.142. The number of benzene rings is 1. The standard InChI is InChI=1S/C20H27N3O5/c1-14(23-19(26)15-8-5-6-9-16(15)20(23)27)18(25)22(12-7-11-21(2)3)13-10-17(24)28-4/h5-6,8-9,14H,7,10-13H2,1-4H3. The van der Waals surface area contributed by atoms with Crippen LogP contribution in [0.5, 0.6) is 0 Å². The minimum absolute atomic E-state index is 0.0546. The predicted molar refractivity (Wildman–Crippen MR) is 103 cm³/mol. The van der Waals surface area contributed by atoms with E-state index in [-0.39, 0.29) is 18.9 Å². The highest BCUT2D eigenvalue weighted by molar-refractivity contribution is 6.22. The van der Waals surface area contributed by atoms with Gasteiger partial charge in [0.2, 0.25) is 5.91 Å². The van der Waals surface area contributed by atoms with E-state index in [9.17, 15) is 19.2 Å². The van der Waals surface area contributed by atoms with E-state index in [4.69, 9.17) is 0 Å².